The molecule has 1 fully saturated rings. The lowest BCUT2D eigenvalue weighted by Gasteiger charge is -2.44. The molecule has 1 aromatic carbocycles. The topological polar surface area (TPSA) is 142 Å². The SMILES string of the molecule is CNC(=O)[C@@]1(C)C(=O)N(Cc2ccc3c(N)ncnc3c2)CCN1C(=O)O. The summed E-state index contributed by atoms with van der Waals surface area (Å²) in [6, 6.07) is 5.37. The molecule has 3 rings (SSSR count). The van der Waals surface area contributed by atoms with Crippen LogP contribution in [0, 0.1) is 0 Å². The summed E-state index contributed by atoms with van der Waals surface area (Å²) in [4.78, 5) is 47.3. The molecule has 10 nitrogen and oxygen atoms in total. The Labute approximate surface area is 155 Å². The van der Waals surface area contributed by atoms with Crippen LogP contribution >= 0.6 is 0 Å². The van der Waals surface area contributed by atoms with E-state index in [1.54, 1.807) is 18.2 Å². The summed E-state index contributed by atoms with van der Waals surface area (Å²) in [5.74, 6) is -0.874. The Hall–Kier alpha value is -3.43. The van der Waals surface area contributed by atoms with Gasteiger partial charge in [0.2, 0.25) is 5.54 Å². The van der Waals surface area contributed by atoms with Gasteiger partial charge >= 0.3 is 6.09 Å². The third kappa shape index (κ3) is 2.98. The number of amides is 3. The van der Waals surface area contributed by atoms with E-state index in [1.807, 2.05) is 0 Å². The molecule has 0 radical (unpaired) electrons. The van der Waals surface area contributed by atoms with Gasteiger partial charge in [-0.05, 0) is 24.6 Å². The number of likely N-dealkylation sites (N-methyl/N-ethyl adjacent to an activating group) is 1. The lowest BCUT2D eigenvalue weighted by molar-refractivity contribution is -0.156. The van der Waals surface area contributed by atoms with Crippen molar-refractivity contribution in [3.05, 3.63) is 30.1 Å². The molecule has 3 amide bonds. The molecule has 2 heterocycles. The molecule has 1 saturated heterocycles. The maximum Gasteiger partial charge on any atom is 0.408 e. The van der Waals surface area contributed by atoms with E-state index in [1.165, 1.54) is 25.2 Å². The van der Waals surface area contributed by atoms with Crippen molar-refractivity contribution in [2.24, 2.45) is 0 Å². The fraction of sp³-hybridized carbons (Fsp3) is 0.353. The normalized spacial score (nSPS) is 20.0. The van der Waals surface area contributed by atoms with Crippen LogP contribution in [0.4, 0.5) is 10.6 Å². The Morgan fingerprint density at radius 2 is 2.07 bits per heavy atom. The molecule has 10 heteroatoms. The van der Waals surface area contributed by atoms with Crippen LogP contribution in [0.2, 0.25) is 0 Å². The Kier molecular flexibility index (Phi) is 4.56. The van der Waals surface area contributed by atoms with Crippen molar-refractivity contribution in [1.82, 2.24) is 25.1 Å². The van der Waals surface area contributed by atoms with Crippen LogP contribution in [0.1, 0.15) is 12.5 Å². The first-order valence-corrected chi connectivity index (χ1v) is 8.30. The number of nitrogens with one attached hydrogen (secondary N) is 1. The Morgan fingerprint density at radius 3 is 2.74 bits per heavy atom. The number of carboxylic acid groups (broad SMARTS) is 1. The number of anilines is 1. The molecule has 4 N–H and O–H groups in total. The van der Waals surface area contributed by atoms with E-state index in [2.05, 4.69) is 15.3 Å². The van der Waals surface area contributed by atoms with Crippen LogP contribution in [-0.2, 0) is 16.1 Å². The molecule has 0 saturated carbocycles. The number of rotatable bonds is 3. The highest BCUT2D eigenvalue weighted by molar-refractivity contribution is 6.11. The molecule has 27 heavy (non-hydrogen) atoms. The van der Waals surface area contributed by atoms with E-state index >= 15 is 0 Å². The van der Waals surface area contributed by atoms with Crippen molar-refractivity contribution < 1.29 is 19.5 Å². The van der Waals surface area contributed by atoms with Gasteiger partial charge in [-0.3, -0.25) is 14.5 Å². The number of hydrogen-bond donors (Lipinski definition) is 3. The molecule has 0 aliphatic carbocycles. The maximum absolute atomic E-state index is 13.0. The summed E-state index contributed by atoms with van der Waals surface area (Å²) in [6.07, 6.45) is 0.0490. The zero-order valence-electron chi connectivity index (χ0n) is 15.0. The first kappa shape index (κ1) is 18.4. The Bertz CT molecular complexity index is 933. The van der Waals surface area contributed by atoms with Crippen LogP contribution in [0.3, 0.4) is 0 Å². The number of piperazine rings is 1. The van der Waals surface area contributed by atoms with Gasteiger partial charge in [-0.2, -0.15) is 0 Å². The van der Waals surface area contributed by atoms with E-state index in [0.717, 1.165) is 10.5 Å². The number of hydrogen-bond acceptors (Lipinski definition) is 6. The number of nitrogens with zero attached hydrogens (tertiary/aromatic N) is 4. The minimum atomic E-state index is -1.82. The fourth-order valence-corrected chi connectivity index (χ4v) is 3.31. The summed E-state index contributed by atoms with van der Waals surface area (Å²) < 4.78 is 0. The van der Waals surface area contributed by atoms with E-state index in [-0.39, 0.29) is 19.6 Å². The Balaban J connectivity index is 1.91. The monoisotopic (exact) mass is 372 g/mol. The van der Waals surface area contributed by atoms with E-state index in [4.69, 9.17) is 5.73 Å². The van der Waals surface area contributed by atoms with Gasteiger partial charge in [0.05, 0.1) is 5.52 Å². The molecule has 1 atom stereocenters. The highest BCUT2D eigenvalue weighted by atomic mass is 16.4. The van der Waals surface area contributed by atoms with Gasteiger partial charge in [0, 0.05) is 32.1 Å². The van der Waals surface area contributed by atoms with Crippen LogP contribution in [0.5, 0.6) is 0 Å². The van der Waals surface area contributed by atoms with Crippen LogP contribution in [-0.4, -0.2) is 68.5 Å². The van der Waals surface area contributed by atoms with Crippen molar-refractivity contribution in [1.29, 1.82) is 0 Å². The van der Waals surface area contributed by atoms with E-state index < -0.39 is 23.4 Å². The number of nitrogens with two attached hydrogens (primary N) is 1. The average molecular weight is 372 g/mol. The smallest absolute Gasteiger partial charge is 0.408 e. The number of aromatic nitrogens is 2. The molecule has 0 unspecified atom stereocenters. The molecular weight excluding hydrogens is 352 g/mol. The molecular formula is C17H20N6O4. The number of fused-ring (bicyclic) bond motifs is 1. The molecule has 2 aromatic rings. The van der Waals surface area contributed by atoms with Gasteiger partial charge in [0.25, 0.3) is 11.8 Å². The minimum Gasteiger partial charge on any atom is -0.465 e. The second-order valence-electron chi connectivity index (χ2n) is 6.42. The molecule has 1 aromatic heterocycles. The van der Waals surface area contributed by atoms with Crippen molar-refractivity contribution in [3.8, 4) is 0 Å². The largest absolute Gasteiger partial charge is 0.465 e. The lowest BCUT2D eigenvalue weighted by Crippen LogP contribution is -2.70. The second-order valence-corrected chi connectivity index (χ2v) is 6.42. The van der Waals surface area contributed by atoms with Crippen molar-refractivity contribution in [2.75, 3.05) is 25.9 Å². The predicted molar refractivity (Wildman–Crippen MR) is 96.6 cm³/mol. The van der Waals surface area contributed by atoms with Crippen molar-refractivity contribution >= 4 is 34.6 Å². The van der Waals surface area contributed by atoms with Crippen molar-refractivity contribution in [2.45, 2.75) is 19.0 Å². The lowest BCUT2D eigenvalue weighted by atomic mass is 9.93. The molecule has 142 valence electrons. The second kappa shape index (κ2) is 6.71. The Morgan fingerprint density at radius 1 is 1.33 bits per heavy atom. The minimum absolute atomic E-state index is 0.0354. The van der Waals surface area contributed by atoms with E-state index in [9.17, 15) is 19.5 Å². The first-order chi connectivity index (χ1) is 12.8. The van der Waals surface area contributed by atoms with Crippen LogP contribution < -0.4 is 11.1 Å². The first-order valence-electron chi connectivity index (χ1n) is 8.30. The average Bonchev–Trinajstić information content (AvgIpc) is 2.64. The zero-order valence-corrected chi connectivity index (χ0v) is 15.0. The predicted octanol–water partition coefficient (Wildman–Crippen LogP) is 0.0389. The van der Waals surface area contributed by atoms with Gasteiger partial charge in [-0.25, -0.2) is 14.8 Å². The standard InChI is InChI=1S/C17H20N6O4/c1-17(14(24)19-2)15(25)22(5-6-23(17)16(26)27)8-10-3-4-11-12(7-10)20-9-21-13(11)18/h3-4,7,9H,5-6,8H2,1-2H3,(H,19,24)(H,26,27)(H2,18,20,21)/t17-/m0/s1. The zero-order chi connectivity index (χ0) is 19.8. The van der Waals surface area contributed by atoms with Crippen LogP contribution in [0.25, 0.3) is 10.9 Å². The van der Waals surface area contributed by atoms with Gasteiger partial charge in [0.15, 0.2) is 0 Å². The molecule has 1 aliphatic rings. The highest BCUT2D eigenvalue weighted by Gasteiger charge is 2.53. The third-order valence-corrected chi connectivity index (χ3v) is 4.84. The van der Waals surface area contributed by atoms with E-state index in [0.29, 0.717) is 16.7 Å². The van der Waals surface area contributed by atoms with Crippen molar-refractivity contribution in [3.63, 3.8) is 0 Å². The number of benzene rings is 1. The third-order valence-electron chi connectivity index (χ3n) is 4.84. The maximum atomic E-state index is 13.0. The van der Waals surface area contributed by atoms with Crippen LogP contribution in [0.15, 0.2) is 24.5 Å². The summed E-state index contributed by atoms with van der Waals surface area (Å²) >= 11 is 0. The number of carbonyl (C=O) groups excluding carboxylic acids is 2. The molecule has 0 spiro atoms. The summed E-state index contributed by atoms with van der Waals surface area (Å²) in [5, 5.41) is 12.5. The van der Waals surface area contributed by atoms with Gasteiger partial charge in [-0.1, -0.05) is 6.07 Å². The summed E-state index contributed by atoms with van der Waals surface area (Å²) in [5.41, 5.74) is 5.44. The summed E-state index contributed by atoms with van der Waals surface area (Å²) in [6.45, 7) is 1.76. The summed E-state index contributed by atoms with van der Waals surface area (Å²) in [7, 11) is 1.37. The number of nitrogen functional groups attached to an aromatic ring is 1. The van der Waals surface area contributed by atoms with Gasteiger partial charge in [-0.15, -0.1) is 0 Å². The quantitative estimate of drug-likeness (QED) is 0.646. The molecule has 0 bridgehead atoms. The highest BCUT2D eigenvalue weighted by Crippen LogP contribution is 2.26. The van der Waals surface area contributed by atoms with Gasteiger partial charge in [0.1, 0.15) is 12.1 Å². The fourth-order valence-electron chi connectivity index (χ4n) is 3.31. The number of carbonyl (C=O) groups is 3. The molecule has 1 aliphatic heterocycles. The van der Waals surface area contributed by atoms with Gasteiger partial charge < -0.3 is 21.1 Å².